The molecule has 0 unspecified atom stereocenters. The topological polar surface area (TPSA) is 23.6 Å². The Kier molecular flexibility index (Phi) is 4.89. The summed E-state index contributed by atoms with van der Waals surface area (Å²) in [6, 6.07) is 12.1. The molecule has 2 atom stereocenters. The molecule has 29 heavy (non-hydrogen) atoms. The van der Waals surface area contributed by atoms with E-state index in [4.69, 9.17) is 0 Å². The van der Waals surface area contributed by atoms with Crippen molar-refractivity contribution in [2.24, 2.45) is 5.92 Å². The second-order valence-electron chi connectivity index (χ2n) is 7.63. The molecule has 1 aliphatic carbocycles. The second kappa shape index (κ2) is 7.25. The predicted molar refractivity (Wildman–Crippen MR) is 99.9 cm³/mol. The number of halogens is 4. The van der Waals surface area contributed by atoms with Gasteiger partial charge in [0.05, 0.1) is 0 Å². The van der Waals surface area contributed by atoms with E-state index in [0.717, 1.165) is 18.1 Å². The van der Waals surface area contributed by atoms with Crippen molar-refractivity contribution in [3.63, 3.8) is 0 Å². The standard InChI is InChI=1S/C22H20F4N2O/c1-14-2-5-16(22(24,25)26)12-20(14)27-8-10-28(11-9-27)21(29)19-13-18(19)15-3-6-17(23)7-4-15/h3-4,6-7,12,18-19H,8-11,13H2,1H3/t18-,19-/m1/s1. The number of hydrogen-bond donors (Lipinski definition) is 0. The second-order valence-corrected chi connectivity index (χ2v) is 7.63. The van der Waals surface area contributed by atoms with Crippen molar-refractivity contribution in [3.05, 3.63) is 65.0 Å². The van der Waals surface area contributed by atoms with Gasteiger partial charge >= 0.3 is 6.18 Å². The largest absolute Gasteiger partial charge is 0.424 e. The molecule has 2 aromatic rings. The fraction of sp³-hybridized carbons (Fsp3) is 0.409. The highest BCUT2D eigenvalue weighted by atomic mass is 19.4. The van der Waals surface area contributed by atoms with Crippen LogP contribution in [0.5, 0.6) is 0 Å². The molecule has 1 aliphatic heterocycles. The van der Waals surface area contributed by atoms with Crippen LogP contribution in [0.1, 0.15) is 29.0 Å². The van der Waals surface area contributed by atoms with Crippen LogP contribution in [0.4, 0.5) is 23.2 Å². The third-order valence-corrected chi connectivity index (χ3v) is 5.69. The van der Waals surface area contributed by atoms with Gasteiger partial charge in [-0.1, -0.05) is 24.3 Å². The molecular weight excluding hydrogens is 384 g/mol. The van der Waals surface area contributed by atoms with E-state index in [2.05, 4.69) is 12.1 Å². The summed E-state index contributed by atoms with van der Waals surface area (Å²) in [4.78, 5) is 16.4. The van der Waals surface area contributed by atoms with Crippen LogP contribution in [-0.4, -0.2) is 37.0 Å². The lowest BCUT2D eigenvalue weighted by Gasteiger charge is -2.36. The number of amides is 1. The zero-order valence-electron chi connectivity index (χ0n) is 15.9. The van der Waals surface area contributed by atoms with Crippen LogP contribution in [0.15, 0.2) is 30.3 Å². The van der Waals surface area contributed by atoms with Crippen LogP contribution < -0.4 is 4.90 Å². The number of carbonyl (C=O) groups is 1. The molecule has 1 saturated carbocycles. The van der Waals surface area contributed by atoms with Crippen LogP contribution in [0, 0.1) is 30.8 Å². The molecule has 0 bridgehead atoms. The van der Waals surface area contributed by atoms with E-state index in [9.17, 15) is 22.4 Å². The number of hydrogen-bond acceptors (Lipinski definition) is 2. The number of benzene rings is 1. The molecule has 7 heteroatoms. The molecule has 0 radical (unpaired) electrons. The summed E-state index contributed by atoms with van der Waals surface area (Å²) < 4.78 is 52.0. The minimum absolute atomic E-state index is 0.0691. The molecule has 0 spiro atoms. The Morgan fingerprint density at radius 2 is 1.72 bits per heavy atom. The van der Waals surface area contributed by atoms with Gasteiger partial charge in [0.1, 0.15) is 11.4 Å². The van der Waals surface area contributed by atoms with E-state index in [1.807, 2.05) is 4.90 Å². The first-order valence-corrected chi connectivity index (χ1v) is 9.55. The van der Waals surface area contributed by atoms with E-state index in [1.165, 1.54) is 12.1 Å². The van der Waals surface area contributed by atoms with Gasteiger partial charge in [-0.15, -0.1) is 0 Å². The summed E-state index contributed by atoms with van der Waals surface area (Å²) in [6.07, 6.45) is -3.71. The Bertz CT molecular complexity index is 902. The van der Waals surface area contributed by atoms with Gasteiger partial charge in [0, 0.05) is 43.3 Å². The molecule has 152 valence electrons. The Balaban J connectivity index is 1.38. The van der Waals surface area contributed by atoms with Gasteiger partial charge in [0.25, 0.3) is 0 Å². The molecule has 2 aromatic carbocycles. The monoisotopic (exact) mass is 404 g/mol. The normalized spacial score (nSPS) is 21.7. The Morgan fingerprint density at radius 3 is 2.34 bits per heavy atom. The lowest BCUT2D eigenvalue weighted by atomic mass is 10.1. The zero-order valence-corrected chi connectivity index (χ0v) is 15.9. The number of anilines is 1. The van der Waals surface area contributed by atoms with Gasteiger partial charge in [-0.2, -0.15) is 13.2 Å². The number of rotatable bonds is 3. The summed E-state index contributed by atoms with van der Waals surface area (Å²) in [5, 5.41) is 0. The molecule has 4 rings (SSSR count). The minimum atomic E-state index is -4.46. The van der Waals surface area contributed by atoms with Crippen molar-refractivity contribution in [1.82, 2.24) is 4.90 Å². The molecule has 1 heterocycles. The fourth-order valence-electron chi connectivity index (χ4n) is 3.94. The van der Waals surface area contributed by atoms with Crippen LogP contribution in [0.25, 0.3) is 0 Å². The summed E-state index contributed by atoms with van der Waals surface area (Å²) >= 11 is 0. The maximum absolute atomic E-state index is 13.1. The summed E-state index contributed by atoms with van der Waals surface area (Å²) in [5.41, 5.74) is 1.22. The van der Waals surface area contributed by atoms with Gasteiger partial charge in [0.15, 0.2) is 0 Å². The van der Waals surface area contributed by atoms with Gasteiger partial charge in [-0.05, 0) is 43.0 Å². The van der Waals surface area contributed by atoms with E-state index >= 15 is 0 Å². The van der Waals surface area contributed by atoms with Gasteiger partial charge in [-0.25, -0.2) is 4.39 Å². The Morgan fingerprint density at radius 1 is 1.07 bits per heavy atom. The van der Waals surface area contributed by atoms with Crippen molar-refractivity contribution in [2.45, 2.75) is 25.4 Å². The smallest absolute Gasteiger partial charge is 0.367 e. The van der Waals surface area contributed by atoms with Crippen LogP contribution in [0.3, 0.4) is 0 Å². The van der Waals surface area contributed by atoms with Crippen LogP contribution in [0.2, 0.25) is 0 Å². The molecule has 2 fully saturated rings. The third-order valence-electron chi connectivity index (χ3n) is 5.69. The SMILES string of the molecule is Cc1c#cc(C(F)(F)F)cc1N1CCN(C(=O)[C@@H]2C[C@@H]2c2ccc(F)cc2)CC1. The molecule has 2 aliphatic rings. The van der Waals surface area contributed by atoms with Crippen molar-refractivity contribution < 1.29 is 22.4 Å². The number of piperazine rings is 1. The number of alkyl halides is 3. The highest BCUT2D eigenvalue weighted by Crippen LogP contribution is 2.48. The Labute approximate surface area is 166 Å². The predicted octanol–water partition coefficient (Wildman–Crippen LogP) is 4.21. The fourth-order valence-corrected chi connectivity index (χ4v) is 3.94. The van der Waals surface area contributed by atoms with E-state index in [-0.39, 0.29) is 23.6 Å². The summed E-state index contributed by atoms with van der Waals surface area (Å²) in [7, 11) is 0. The summed E-state index contributed by atoms with van der Waals surface area (Å²) in [5.74, 6) is -0.199. The lowest BCUT2D eigenvalue weighted by Crippen LogP contribution is -2.49. The Hall–Kier alpha value is -2.75. The first-order valence-electron chi connectivity index (χ1n) is 9.55. The average molecular weight is 404 g/mol. The molecular formula is C22H20F4N2O. The highest BCUT2D eigenvalue weighted by Gasteiger charge is 2.46. The maximum Gasteiger partial charge on any atom is 0.424 e. The summed E-state index contributed by atoms with van der Waals surface area (Å²) in [6.45, 7) is 3.57. The van der Waals surface area contributed by atoms with Crippen molar-refractivity contribution in [1.29, 1.82) is 0 Å². The van der Waals surface area contributed by atoms with Crippen LogP contribution >= 0.6 is 0 Å². The lowest BCUT2D eigenvalue weighted by molar-refractivity contribution is -0.137. The average Bonchev–Trinajstić information content (AvgIpc) is 3.48. The van der Waals surface area contributed by atoms with Gasteiger partial charge < -0.3 is 9.80 Å². The maximum atomic E-state index is 13.1. The van der Waals surface area contributed by atoms with Crippen LogP contribution in [-0.2, 0) is 11.0 Å². The molecule has 1 saturated heterocycles. The highest BCUT2D eigenvalue weighted by molar-refractivity contribution is 5.83. The molecule has 0 N–H and O–H groups in total. The van der Waals surface area contributed by atoms with Gasteiger partial charge in [-0.3, -0.25) is 4.79 Å². The quantitative estimate of drug-likeness (QED) is 0.716. The number of carbonyl (C=O) groups excluding carboxylic acids is 1. The molecule has 3 nitrogen and oxygen atoms in total. The minimum Gasteiger partial charge on any atom is -0.367 e. The van der Waals surface area contributed by atoms with E-state index < -0.39 is 11.7 Å². The van der Waals surface area contributed by atoms with E-state index in [0.29, 0.717) is 37.4 Å². The first kappa shape index (κ1) is 19.6. The molecule has 1 amide bonds. The van der Waals surface area contributed by atoms with Gasteiger partial charge in [0.2, 0.25) is 5.91 Å². The first-order chi connectivity index (χ1) is 13.7. The van der Waals surface area contributed by atoms with E-state index in [1.54, 1.807) is 24.0 Å². The number of nitrogens with zero attached hydrogens (tertiary/aromatic N) is 2. The zero-order chi connectivity index (χ0) is 20.8. The van der Waals surface area contributed by atoms with Crippen molar-refractivity contribution >= 4 is 11.6 Å². The van der Waals surface area contributed by atoms with Crippen molar-refractivity contribution in [3.8, 4) is 0 Å². The molecule has 0 aromatic heterocycles. The third kappa shape index (κ3) is 4.02. The van der Waals surface area contributed by atoms with Crippen molar-refractivity contribution in [2.75, 3.05) is 31.1 Å².